The minimum Gasteiger partial charge on any atom is -0.456 e. The van der Waals surface area contributed by atoms with Crippen molar-refractivity contribution < 1.29 is 4.42 Å². The third-order valence-corrected chi connectivity index (χ3v) is 15.9. The lowest BCUT2D eigenvalue weighted by atomic mass is 9.73. The van der Waals surface area contributed by atoms with Crippen molar-refractivity contribution in [3.63, 3.8) is 0 Å². The summed E-state index contributed by atoms with van der Waals surface area (Å²) in [5.41, 5.74) is 12.6. The molecule has 0 fully saturated rings. The highest BCUT2D eigenvalue weighted by atomic mass is 16.3. The van der Waals surface area contributed by atoms with Crippen molar-refractivity contribution in [3.05, 3.63) is 215 Å². The van der Waals surface area contributed by atoms with Crippen LogP contribution in [0, 0.1) is 0 Å². The summed E-state index contributed by atoms with van der Waals surface area (Å²) in [6.45, 7) is 4.67. The third kappa shape index (κ3) is 4.86. The molecule has 0 bridgehead atoms. The average molecular weight is 871 g/mol. The van der Waals surface area contributed by atoms with Gasteiger partial charge in [-0.1, -0.05) is 129 Å². The Morgan fingerprint density at radius 2 is 0.882 bits per heavy atom. The van der Waals surface area contributed by atoms with Gasteiger partial charge >= 0.3 is 0 Å². The van der Waals surface area contributed by atoms with Crippen molar-refractivity contribution in [2.45, 2.75) is 32.1 Å². The number of nitrogens with zero attached hydrogens (tertiary/aromatic N) is 2. The Labute approximate surface area is 390 Å². The number of fused-ring (bicyclic) bond motifs is 18. The Hall–Kier alpha value is -8.47. The zero-order valence-corrected chi connectivity index (χ0v) is 37.6. The lowest BCUT2D eigenvalue weighted by Gasteiger charge is -2.30. The van der Waals surface area contributed by atoms with Gasteiger partial charge in [-0.05, 0) is 151 Å². The molecule has 0 saturated carbocycles. The smallest absolute Gasteiger partial charge is 0.197 e. The van der Waals surface area contributed by atoms with E-state index in [-0.39, 0.29) is 10.8 Å². The molecule has 4 heteroatoms. The summed E-state index contributed by atoms with van der Waals surface area (Å²) in [6, 6.07) is 70.3. The van der Waals surface area contributed by atoms with Crippen molar-refractivity contribution in [2.24, 2.45) is 0 Å². The maximum Gasteiger partial charge on any atom is 0.197 e. The molecule has 0 spiro atoms. The van der Waals surface area contributed by atoms with Gasteiger partial charge in [-0.2, -0.15) is 0 Å². The molecule has 0 atom stereocenters. The topological polar surface area (TPSA) is 40.1 Å². The molecule has 0 N–H and O–H groups in total. The van der Waals surface area contributed by atoms with E-state index in [0.717, 1.165) is 89.9 Å². The minimum atomic E-state index is -0.258. The molecule has 0 amide bonds. The van der Waals surface area contributed by atoms with Gasteiger partial charge in [0.15, 0.2) is 5.43 Å². The van der Waals surface area contributed by atoms with Crippen molar-refractivity contribution in [3.8, 4) is 22.5 Å². The van der Waals surface area contributed by atoms with E-state index < -0.39 is 0 Å². The highest BCUT2D eigenvalue weighted by Gasteiger charge is 2.42. The third-order valence-electron chi connectivity index (χ3n) is 15.9. The zero-order chi connectivity index (χ0) is 45.0. The molecule has 4 nitrogen and oxygen atoms in total. The van der Waals surface area contributed by atoms with Gasteiger partial charge in [-0.25, -0.2) is 0 Å². The van der Waals surface area contributed by atoms with Crippen molar-refractivity contribution in [1.82, 2.24) is 9.13 Å². The van der Waals surface area contributed by atoms with Gasteiger partial charge in [-0.15, -0.1) is 0 Å². The van der Waals surface area contributed by atoms with Crippen LogP contribution in [0.2, 0.25) is 0 Å². The predicted molar refractivity (Wildman–Crippen MR) is 285 cm³/mol. The molecule has 320 valence electrons. The van der Waals surface area contributed by atoms with Crippen LogP contribution in [0.3, 0.4) is 0 Å². The number of hydrogen-bond acceptors (Lipinski definition) is 2. The fourth-order valence-electron chi connectivity index (χ4n) is 12.7. The van der Waals surface area contributed by atoms with Crippen molar-refractivity contribution in [2.75, 3.05) is 0 Å². The average Bonchev–Trinajstić information content (AvgIpc) is 4.01. The highest BCUT2D eigenvalue weighted by molar-refractivity contribution is 6.26. The van der Waals surface area contributed by atoms with E-state index in [4.69, 9.17) is 4.42 Å². The molecular formula is C64H42N2O2. The van der Waals surface area contributed by atoms with E-state index in [1.54, 1.807) is 0 Å². The molecule has 1 aliphatic rings. The lowest BCUT2D eigenvalue weighted by molar-refractivity contribution is 0.491. The summed E-state index contributed by atoms with van der Waals surface area (Å²) in [4.78, 5) is 15.4. The van der Waals surface area contributed by atoms with E-state index in [2.05, 4.69) is 205 Å². The molecule has 1 aliphatic carbocycles. The van der Waals surface area contributed by atoms with Crippen LogP contribution in [0.4, 0.5) is 0 Å². The van der Waals surface area contributed by atoms with Crippen molar-refractivity contribution >= 4 is 109 Å². The quantitative estimate of drug-likeness (QED) is 0.131. The molecule has 68 heavy (non-hydrogen) atoms. The van der Waals surface area contributed by atoms with Crippen LogP contribution in [0.1, 0.15) is 37.8 Å². The molecular weight excluding hydrogens is 829 g/mol. The van der Waals surface area contributed by atoms with Crippen LogP contribution >= 0.6 is 0 Å². The van der Waals surface area contributed by atoms with Crippen LogP contribution in [-0.4, -0.2) is 9.13 Å². The van der Waals surface area contributed by atoms with Crippen LogP contribution in [0.5, 0.6) is 0 Å². The molecule has 0 unspecified atom stereocenters. The summed E-state index contributed by atoms with van der Waals surface area (Å²) in [6.07, 6.45) is 1.85. The number of furan rings is 1. The van der Waals surface area contributed by atoms with E-state index in [9.17, 15) is 0 Å². The van der Waals surface area contributed by atoms with E-state index in [1.807, 2.05) is 12.1 Å². The maximum atomic E-state index is 15.4. The summed E-state index contributed by atoms with van der Waals surface area (Å²) >= 11 is 0. The lowest BCUT2D eigenvalue weighted by Crippen LogP contribution is -2.23. The maximum absolute atomic E-state index is 15.4. The van der Waals surface area contributed by atoms with Gasteiger partial charge in [0.05, 0.1) is 22.1 Å². The number of rotatable bonds is 4. The van der Waals surface area contributed by atoms with Gasteiger partial charge < -0.3 is 13.6 Å². The Bertz CT molecular complexity index is 4620. The Kier molecular flexibility index (Phi) is 7.52. The van der Waals surface area contributed by atoms with E-state index in [1.165, 1.54) is 59.8 Å². The summed E-state index contributed by atoms with van der Waals surface area (Å²) < 4.78 is 11.2. The fraction of sp³-hybridized carbons (Fsp3) is 0.0781. The number of aromatic nitrogens is 2. The zero-order valence-electron chi connectivity index (χ0n) is 37.6. The SMILES string of the molecule is CCC1(CC)c2cc3c4ccccc4c4ccccc4c3cc2-c2cc3c(=O)c4cc5ccccc5cc4n(-c4cccc(-n5c6ccccc6c6cc7c(cc65)oc5ccccc57)c4)c3cc21. The Morgan fingerprint density at radius 1 is 0.368 bits per heavy atom. The minimum absolute atomic E-state index is 0.0532. The Balaban J connectivity index is 1.03. The largest absolute Gasteiger partial charge is 0.456 e. The van der Waals surface area contributed by atoms with Crippen molar-refractivity contribution in [1.29, 1.82) is 0 Å². The summed E-state index contributed by atoms with van der Waals surface area (Å²) in [5, 5.41) is 15.8. The molecule has 3 aromatic heterocycles. The highest BCUT2D eigenvalue weighted by Crippen LogP contribution is 2.56. The normalized spacial score (nSPS) is 13.4. The predicted octanol–water partition coefficient (Wildman–Crippen LogP) is 16.8. The molecule has 0 saturated heterocycles. The molecule has 0 radical (unpaired) electrons. The number of para-hydroxylation sites is 2. The number of benzene rings is 11. The monoisotopic (exact) mass is 870 g/mol. The summed E-state index contributed by atoms with van der Waals surface area (Å²) in [5.74, 6) is 0. The van der Waals surface area contributed by atoms with Gasteiger partial charge in [0.2, 0.25) is 0 Å². The van der Waals surface area contributed by atoms with Gasteiger partial charge in [0.1, 0.15) is 11.2 Å². The fourth-order valence-corrected chi connectivity index (χ4v) is 12.7. The number of pyridine rings is 1. The van der Waals surface area contributed by atoms with Gasteiger partial charge in [-0.3, -0.25) is 4.79 Å². The molecule has 11 aromatic carbocycles. The molecule has 15 rings (SSSR count). The van der Waals surface area contributed by atoms with Crippen LogP contribution in [0.15, 0.2) is 203 Å². The molecule has 0 aliphatic heterocycles. The van der Waals surface area contributed by atoms with E-state index in [0.29, 0.717) is 5.39 Å². The molecule has 3 heterocycles. The second kappa shape index (κ2) is 13.6. The number of hydrogen-bond donors (Lipinski definition) is 0. The first-order valence-corrected chi connectivity index (χ1v) is 23.9. The standard InChI is InChI=1S/C64H42N2O2/c1-3-64(4-2)55-34-48-44-23-10-8-21-42(44)41-20-7-9-22-43(41)47(48)31-49(55)50-32-54-59(35-56(50)64)66(58-29-38-17-6-5-16-37(38)28-53(58)63(54)67)40-19-15-18-39(30-40)65-57-26-13-11-24-45(57)51-33-52-46-25-12-14-27-61(46)68-62(52)36-60(51)65/h5-36H,3-4H2,1-2H3. The first-order chi connectivity index (χ1) is 33.5. The van der Waals surface area contributed by atoms with Crippen LogP contribution in [-0.2, 0) is 5.41 Å². The van der Waals surface area contributed by atoms with Gasteiger partial charge in [0.25, 0.3) is 0 Å². The molecule has 14 aromatic rings. The van der Waals surface area contributed by atoms with E-state index >= 15 is 4.79 Å². The Morgan fingerprint density at radius 3 is 1.59 bits per heavy atom. The second-order valence-electron chi connectivity index (χ2n) is 19.0. The van der Waals surface area contributed by atoms with Gasteiger partial charge in [0, 0.05) is 55.2 Å². The second-order valence-corrected chi connectivity index (χ2v) is 19.0. The first kappa shape index (κ1) is 37.7. The first-order valence-electron chi connectivity index (χ1n) is 23.9. The summed E-state index contributed by atoms with van der Waals surface area (Å²) in [7, 11) is 0. The van der Waals surface area contributed by atoms with Crippen LogP contribution < -0.4 is 5.43 Å². The van der Waals surface area contributed by atoms with Crippen LogP contribution in [0.25, 0.3) is 131 Å².